The number of hydrogen-bond donors (Lipinski definition) is 0. The largest absolute Gasteiger partial charge is 0.361 e. The summed E-state index contributed by atoms with van der Waals surface area (Å²) >= 11 is 5.59. The molecule has 0 aliphatic heterocycles. The topological polar surface area (TPSA) is 43.9 Å². The quantitative estimate of drug-likeness (QED) is 0.728. The van der Waals surface area contributed by atoms with Crippen LogP contribution in [0.4, 0.5) is 0 Å². The molecule has 0 N–H and O–H groups in total. The van der Waals surface area contributed by atoms with E-state index in [0.29, 0.717) is 12.3 Å². The van der Waals surface area contributed by atoms with Crippen LogP contribution in [0.15, 0.2) is 23.0 Å². The van der Waals surface area contributed by atoms with E-state index in [9.17, 15) is 0 Å². The Morgan fingerprint density at radius 2 is 2.43 bits per heavy atom. The van der Waals surface area contributed by atoms with Crippen molar-refractivity contribution in [1.82, 2.24) is 14.9 Å². The highest BCUT2D eigenvalue weighted by atomic mass is 35.5. The summed E-state index contributed by atoms with van der Waals surface area (Å²) in [7, 11) is 1.86. The fourth-order valence-electron chi connectivity index (χ4n) is 1.21. The van der Waals surface area contributed by atoms with Gasteiger partial charge in [0.2, 0.25) is 0 Å². The molecule has 0 atom stereocenters. The molecule has 0 aromatic carbocycles. The summed E-state index contributed by atoms with van der Waals surface area (Å²) < 4.78 is 6.82. The van der Waals surface area contributed by atoms with Gasteiger partial charge in [-0.25, -0.2) is 0 Å². The molecule has 74 valence electrons. The van der Waals surface area contributed by atoms with Crippen molar-refractivity contribution >= 4 is 11.6 Å². The Hall–Kier alpha value is -1.29. The van der Waals surface area contributed by atoms with Crippen LogP contribution >= 0.6 is 11.6 Å². The highest BCUT2D eigenvalue weighted by Crippen LogP contribution is 2.18. The fraction of sp³-hybridized carbons (Fsp3) is 0.333. The Morgan fingerprint density at radius 1 is 1.57 bits per heavy atom. The van der Waals surface area contributed by atoms with Crippen molar-refractivity contribution in [3.8, 4) is 11.3 Å². The molecule has 4 nitrogen and oxygen atoms in total. The van der Waals surface area contributed by atoms with E-state index in [4.69, 9.17) is 16.1 Å². The van der Waals surface area contributed by atoms with Gasteiger partial charge in [0.15, 0.2) is 0 Å². The summed E-state index contributed by atoms with van der Waals surface area (Å²) in [6, 6.07) is 1.89. The molecular formula is C9H10ClN3O. The van der Waals surface area contributed by atoms with Gasteiger partial charge in [-0.3, -0.25) is 4.68 Å². The van der Waals surface area contributed by atoms with Gasteiger partial charge in [0, 0.05) is 37.2 Å². The predicted octanol–water partition coefficient (Wildman–Crippen LogP) is 1.86. The molecule has 0 radical (unpaired) electrons. The van der Waals surface area contributed by atoms with Crippen molar-refractivity contribution in [2.75, 3.05) is 5.88 Å². The number of alkyl halides is 1. The van der Waals surface area contributed by atoms with Crippen molar-refractivity contribution < 1.29 is 4.52 Å². The van der Waals surface area contributed by atoms with Crippen LogP contribution in [0.2, 0.25) is 0 Å². The smallest absolute Gasteiger partial charge is 0.138 e. The zero-order valence-corrected chi connectivity index (χ0v) is 8.53. The molecule has 2 rings (SSSR count). The maximum atomic E-state index is 5.59. The summed E-state index contributed by atoms with van der Waals surface area (Å²) in [5.41, 5.74) is 1.76. The van der Waals surface area contributed by atoms with E-state index in [2.05, 4.69) is 10.3 Å². The molecule has 2 aromatic heterocycles. The number of halogens is 1. The Kier molecular flexibility index (Phi) is 2.54. The fourth-order valence-corrected chi connectivity index (χ4v) is 1.40. The first kappa shape index (κ1) is 9.27. The zero-order chi connectivity index (χ0) is 9.97. The van der Waals surface area contributed by atoms with Crippen molar-refractivity contribution in [1.29, 1.82) is 0 Å². The van der Waals surface area contributed by atoms with E-state index in [0.717, 1.165) is 17.0 Å². The molecule has 0 aliphatic carbocycles. The Morgan fingerprint density at radius 3 is 3.07 bits per heavy atom. The third kappa shape index (κ3) is 1.80. The average molecular weight is 212 g/mol. The van der Waals surface area contributed by atoms with Gasteiger partial charge >= 0.3 is 0 Å². The molecule has 0 saturated carbocycles. The molecule has 0 fully saturated rings. The van der Waals surface area contributed by atoms with E-state index >= 15 is 0 Å². The number of nitrogens with zero attached hydrogens (tertiary/aromatic N) is 3. The lowest BCUT2D eigenvalue weighted by Crippen LogP contribution is -1.84. The van der Waals surface area contributed by atoms with Crippen LogP contribution in [0.3, 0.4) is 0 Å². The van der Waals surface area contributed by atoms with Crippen LogP contribution in [0.25, 0.3) is 11.3 Å². The van der Waals surface area contributed by atoms with Crippen LogP contribution in [-0.2, 0) is 13.5 Å². The Balaban J connectivity index is 2.24. The Bertz CT molecular complexity index is 421. The van der Waals surface area contributed by atoms with E-state index in [1.54, 1.807) is 10.9 Å². The summed E-state index contributed by atoms with van der Waals surface area (Å²) in [6.45, 7) is 0. The maximum absolute atomic E-state index is 5.59. The van der Waals surface area contributed by atoms with Crippen molar-refractivity contribution in [2.24, 2.45) is 7.05 Å². The second-order valence-electron chi connectivity index (χ2n) is 3.02. The summed E-state index contributed by atoms with van der Waals surface area (Å²) in [5, 5.41) is 7.99. The molecule has 0 aliphatic rings. The normalized spacial score (nSPS) is 10.7. The average Bonchev–Trinajstić information content (AvgIpc) is 2.74. The van der Waals surface area contributed by atoms with Crippen LogP contribution in [0.1, 0.15) is 5.76 Å². The molecule has 5 heteroatoms. The van der Waals surface area contributed by atoms with Crippen molar-refractivity contribution in [2.45, 2.75) is 6.42 Å². The number of hydrogen-bond acceptors (Lipinski definition) is 3. The van der Waals surface area contributed by atoms with E-state index in [1.807, 2.05) is 19.3 Å². The van der Waals surface area contributed by atoms with Gasteiger partial charge in [-0.05, 0) is 0 Å². The third-order valence-electron chi connectivity index (χ3n) is 1.90. The van der Waals surface area contributed by atoms with Crippen LogP contribution in [0.5, 0.6) is 0 Å². The Labute approximate surface area is 86.5 Å². The highest BCUT2D eigenvalue weighted by molar-refractivity contribution is 6.17. The maximum Gasteiger partial charge on any atom is 0.138 e. The highest BCUT2D eigenvalue weighted by Gasteiger charge is 2.07. The monoisotopic (exact) mass is 211 g/mol. The molecule has 0 amide bonds. The van der Waals surface area contributed by atoms with Crippen LogP contribution in [-0.4, -0.2) is 20.8 Å². The predicted molar refractivity (Wildman–Crippen MR) is 53.1 cm³/mol. The first-order valence-corrected chi connectivity index (χ1v) is 4.83. The standard InChI is InChI=1S/C9H10ClN3O/c1-13-6-7(5-11-13)9-4-8(2-3-10)14-12-9/h4-6H,2-3H2,1H3. The van der Waals surface area contributed by atoms with E-state index in [-0.39, 0.29) is 0 Å². The van der Waals surface area contributed by atoms with Gasteiger partial charge in [-0.2, -0.15) is 5.10 Å². The first-order valence-electron chi connectivity index (χ1n) is 4.30. The van der Waals surface area contributed by atoms with Gasteiger partial charge < -0.3 is 4.52 Å². The lowest BCUT2D eigenvalue weighted by atomic mass is 10.2. The number of aryl methyl sites for hydroxylation is 2. The molecule has 2 heterocycles. The van der Waals surface area contributed by atoms with Crippen LogP contribution < -0.4 is 0 Å². The van der Waals surface area contributed by atoms with Gasteiger partial charge in [0.05, 0.1) is 6.20 Å². The van der Waals surface area contributed by atoms with Gasteiger partial charge in [0.25, 0.3) is 0 Å². The minimum absolute atomic E-state index is 0.543. The lowest BCUT2D eigenvalue weighted by molar-refractivity contribution is 0.389. The van der Waals surface area contributed by atoms with Gasteiger partial charge in [0.1, 0.15) is 11.5 Å². The molecule has 0 spiro atoms. The summed E-state index contributed by atoms with van der Waals surface area (Å²) in [5.74, 6) is 1.35. The third-order valence-corrected chi connectivity index (χ3v) is 2.09. The van der Waals surface area contributed by atoms with E-state index in [1.165, 1.54) is 0 Å². The molecule has 0 unspecified atom stereocenters. The second kappa shape index (κ2) is 3.84. The van der Waals surface area contributed by atoms with Gasteiger partial charge in [-0.15, -0.1) is 11.6 Å². The summed E-state index contributed by atoms with van der Waals surface area (Å²) in [4.78, 5) is 0. The number of rotatable bonds is 3. The summed E-state index contributed by atoms with van der Waals surface area (Å²) in [6.07, 6.45) is 4.35. The minimum atomic E-state index is 0.543. The second-order valence-corrected chi connectivity index (χ2v) is 3.40. The molecule has 0 bridgehead atoms. The van der Waals surface area contributed by atoms with E-state index < -0.39 is 0 Å². The molecular weight excluding hydrogens is 202 g/mol. The van der Waals surface area contributed by atoms with Crippen molar-refractivity contribution in [3.63, 3.8) is 0 Å². The van der Waals surface area contributed by atoms with Crippen LogP contribution in [0, 0.1) is 0 Å². The molecule has 0 saturated heterocycles. The first-order chi connectivity index (χ1) is 6.79. The molecule has 2 aromatic rings. The zero-order valence-electron chi connectivity index (χ0n) is 7.77. The SMILES string of the molecule is Cn1cc(-c2cc(CCCl)on2)cn1. The van der Waals surface area contributed by atoms with Gasteiger partial charge in [-0.1, -0.05) is 5.16 Å². The van der Waals surface area contributed by atoms with Crippen molar-refractivity contribution in [3.05, 3.63) is 24.2 Å². The molecule has 14 heavy (non-hydrogen) atoms. The minimum Gasteiger partial charge on any atom is -0.361 e. The number of aromatic nitrogens is 3. The lowest BCUT2D eigenvalue weighted by Gasteiger charge is -1.84.